The van der Waals surface area contributed by atoms with E-state index >= 15 is 0 Å². The molecule has 0 bridgehead atoms. The maximum atomic E-state index is 10.7. The summed E-state index contributed by atoms with van der Waals surface area (Å²) in [4.78, 5) is 0. The molecule has 0 fully saturated rings. The van der Waals surface area contributed by atoms with E-state index in [4.69, 9.17) is 0 Å². The van der Waals surface area contributed by atoms with Crippen molar-refractivity contribution < 1.29 is 8.42 Å². The lowest BCUT2D eigenvalue weighted by Gasteiger charge is -2.03. The van der Waals surface area contributed by atoms with Gasteiger partial charge in [0.15, 0.2) is 10.7 Å². The predicted molar refractivity (Wildman–Crippen MR) is 49.7 cm³/mol. The van der Waals surface area contributed by atoms with Crippen molar-refractivity contribution in [3.05, 3.63) is 48.6 Å². The van der Waals surface area contributed by atoms with Gasteiger partial charge >= 0.3 is 0 Å². The van der Waals surface area contributed by atoms with Crippen molar-refractivity contribution in [1.29, 1.82) is 0 Å². The van der Waals surface area contributed by atoms with Crippen LogP contribution in [0.1, 0.15) is 10.8 Å². The summed E-state index contributed by atoms with van der Waals surface area (Å²) in [7, 11) is -2.46. The molecule has 1 aromatic carbocycles. The fourth-order valence-corrected chi connectivity index (χ4v) is 1.58. The summed E-state index contributed by atoms with van der Waals surface area (Å²) in [6.45, 7) is 3.47. The van der Waals surface area contributed by atoms with Crippen LogP contribution in [0.2, 0.25) is 0 Å². The maximum absolute atomic E-state index is 10.7. The fraction of sp³-hybridized carbons (Fsp3) is 0.111. The quantitative estimate of drug-likeness (QED) is 0.568. The molecule has 64 valence electrons. The van der Waals surface area contributed by atoms with E-state index in [2.05, 4.69) is 6.58 Å². The zero-order valence-electron chi connectivity index (χ0n) is 6.51. The zero-order chi connectivity index (χ0) is 8.97. The van der Waals surface area contributed by atoms with Gasteiger partial charge in [0.05, 0.1) is 0 Å². The third-order valence-corrected chi connectivity index (χ3v) is 2.55. The van der Waals surface area contributed by atoms with Crippen LogP contribution in [0.4, 0.5) is 0 Å². The summed E-state index contributed by atoms with van der Waals surface area (Å²) in [6.07, 6.45) is 1.43. The van der Waals surface area contributed by atoms with E-state index in [9.17, 15) is 8.42 Å². The number of rotatable bonds is 3. The van der Waals surface area contributed by atoms with E-state index in [0.717, 1.165) is 5.56 Å². The Morgan fingerprint density at radius 2 is 1.83 bits per heavy atom. The van der Waals surface area contributed by atoms with Crippen LogP contribution in [0.15, 0.2) is 43.0 Å². The van der Waals surface area contributed by atoms with E-state index in [1.807, 2.05) is 18.2 Å². The van der Waals surface area contributed by atoms with Gasteiger partial charge in [-0.05, 0) is 5.56 Å². The van der Waals surface area contributed by atoms with Crippen molar-refractivity contribution in [3.63, 3.8) is 0 Å². The smallest absolute Gasteiger partial charge is 0.150 e. The minimum Gasteiger partial charge on any atom is -0.231 e. The minimum atomic E-state index is -2.46. The molecule has 1 atom stereocenters. The predicted octanol–water partition coefficient (Wildman–Crippen LogP) is 1.53. The molecule has 12 heavy (non-hydrogen) atoms. The molecular weight excluding hydrogens is 172 g/mol. The first-order valence-electron chi connectivity index (χ1n) is 3.56. The summed E-state index contributed by atoms with van der Waals surface area (Å²) in [5.41, 5.74) is 0.767. The van der Waals surface area contributed by atoms with Crippen molar-refractivity contribution in [1.82, 2.24) is 0 Å². The summed E-state index contributed by atoms with van der Waals surface area (Å²) in [5.74, 6) is 0. The van der Waals surface area contributed by atoms with Crippen molar-refractivity contribution in [2.45, 2.75) is 5.25 Å². The average molecular weight is 182 g/mol. The summed E-state index contributed by atoms with van der Waals surface area (Å²) in [5, 5.41) is -0.554. The van der Waals surface area contributed by atoms with Crippen LogP contribution in [0.3, 0.4) is 0 Å². The molecule has 0 spiro atoms. The molecule has 0 N–H and O–H groups in total. The lowest BCUT2D eigenvalue weighted by atomic mass is 10.1. The molecule has 0 saturated heterocycles. The molecule has 0 aliphatic rings. The Bertz CT molecular complexity index is 320. The van der Waals surface area contributed by atoms with Gasteiger partial charge in [0, 0.05) is 0 Å². The van der Waals surface area contributed by atoms with Gasteiger partial charge in [-0.2, -0.15) is 0 Å². The molecule has 0 aromatic heterocycles. The van der Waals surface area contributed by atoms with Crippen LogP contribution >= 0.6 is 0 Å². The van der Waals surface area contributed by atoms with Gasteiger partial charge in [0.1, 0.15) is 5.25 Å². The maximum Gasteiger partial charge on any atom is 0.150 e. The second-order valence-corrected chi connectivity index (χ2v) is 3.50. The zero-order valence-corrected chi connectivity index (χ0v) is 7.41. The van der Waals surface area contributed by atoms with E-state index in [0.29, 0.717) is 0 Å². The first kappa shape index (κ1) is 9.00. The van der Waals surface area contributed by atoms with Crippen LogP contribution in [-0.4, -0.2) is 8.42 Å². The Hall–Kier alpha value is -1.09. The van der Waals surface area contributed by atoms with Gasteiger partial charge in [0.2, 0.25) is 0 Å². The average Bonchev–Trinajstić information content (AvgIpc) is 2.07. The molecule has 0 radical (unpaired) electrons. The van der Waals surface area contributed by atoms with Crippen LogP contribution in [0.5, 0.6) is 0 Å². The van der Waals surface area contributed by atoms with Crippen molar-refractivity contribution in [2.75, 3.05) is 0 Å². The Morgan fingerprint density at radius 1 is 1.25 bits per heavy atom. The number of thiol groups is 1. The molecule has 3 heteroatoms. The lowest BCUT2D eigenvalue weighted by molar-refractivity contribution is 0.609. The van der Waals surface area contributed by atoms with Gasteiger partial charge in [-0.3, -0.25) is 0 Å². The molecule has 0 amide bonds. The minimum absolute atomic E-state index is 0.554. The summed E-state index contributed by atoms with van der Waals surface area (Å²) >= 11 is 0. The van der Waals surface area contributed by atoms with Gasteiger partial charge < -0.3 is 0 Å². The standard InChI is InChI=1S/C9H10O2S/c1-2-9(12(10)11)8-6-4-3-5-7-8/h2-7,9,12H,1H2. The normalized spacial score (nSPS) is 12.8. The van der Waals surface area contributed by atoms with E-state index in [1.54, 1.807) is 12.1 Å². The second-order valence-electron chi connectivity index (χ2n) is 2.38. The monoisotopic (exact) mass is 182 g/mol. The summed E-state index contributed by atoms with van der Waals surface area (Å²) in [6, 6.07) is 9.02. The Morgan fingerprint density at radius 3 is 2.25 bits per heavy atom. The molecule has 1 unspecified atom stereocenters. The van der Waals surface area contributed by atoms with Crippen molar-refractivity contribution in [2.24, 2.45) is 0 Å². The third-order valence-electron chi connectivity index (χ3n) is 1.59. The van der Waals surface area contributed by atoms with Crippen molar-refractivity contribution >= 4 is 10.7 Å². The Balaban J connectivity index is 3.03. The molecule has 0 aliphatic heterocycles. The first-order chi connectivity index (χ1) is 5.75. The first-order valence-corrected chi connectivity index (χ1v) is 4.81. The SMILES string of the molecule is C=CC(c1ccccc1)[SH](=O)=O. The summed E-state index contributed by atoms with van der Waals surface area (Å²) < 4.78 is 21.4. The number of hydrogen-bond acceptors (Lipinski definition) is 2. The second kappa shape index (κ2) is 4.07. The number of hydrogen-bond donors (Lipinski definition) is 1. The van der Waals surface area contributed by atoms with E-state index in [-0.39, 0.29) is 0 Å². The Kier molecular flexibility index (Phi) is 3.05. The molecule has 1 rings (SSSR count). The van der Waals surface area contributed by atoms with Crippen LogP contribution < -0.4 is 0 Å². The van der Waals surface area contributed by atoms with E-state index < -0.39 is 16.0 Å². The molecular formula is C9H10O2S. The van der Waals surface area contributed by atoms with Crippen LogP contribution in [0.25, 0.3) is 0 Å². The highest BCUT2D eigenvalue weighted by atomic mass is 32.2. The lowest BCUT2D eigenvalue weighted by Crippen LogP contribution is -1.95. The van der Waals surface area contributed by atoms with Gasteiger partial charge in [-0.25, -0.2) is 8.42 Å². The third kappa shape index (κ3) is 1.95. The highest BCUT2D eigenvalue weighted by Crippen LogP contribution is 2.16. The van der Waals surface area contributed by atoms with Crippen LogP contribution in [-0.2, 0) is 10.7 Å². The largest absolute Gasteiger partial charge is 0.231 e. The van der Waals surface area contributed by atoms with E-state index in [1.165, 1.54) is 6.08 Å². The highest BCUT2D eigenvalue weighted by molar-refractivity contribution is 7.72. The Labute approximate surface area is 73.5 Å². The molecule has 0 aliphatic carbocycles. The van der Waals surface area contributed by atoms with Crippen molar-refractivity contribution in [3.8, 4) is 0 Å². The van der Waals surface area contributed by atoms with Crippen LogP contribution in [0, 0.1) is 0 Å². The topological polar surface area (TPSA) is 34.1 Å². The highest BCUT2D eigenvalue weighted by Gasteiger charge is 2.07. The fourth-order valence-electron chi connectivity index (χ4n) is 0.994. The van der Waals surface area contributed by atoms with Gasteiger partial charge in [-0.15, -0.1) is 6.58 Å². The molecule has 0 saturated carbocycles. The molecule has 2 nitrogen and oxygen atoms in total. The van der Waals surface area contributed by atoms with Gasteiger partial charge in [0.25, 0.3) is 0 Å². The number of benzene rings is 1. The van der Waals surface area contributed by atoms with Gasteiger partial charge in [-0.1, -0.05) is 36.4 Å². The molecule has 0 heterocycles. The molecule has 1 aromatic rings.